The van der Waals surface area contributed by atoms with Crippen LogP contribution in [0, 0.1) is 0 Å². The average molecular weight is 219 g/mol. The van der Waals surface area contributed by atoms with Crippen LogP contribution in [-0.4, -0.2) is 36.2 Å². The number of amides is 2. The smallest absolute Gasteiger partial charge is 0.307 e. The molecule has 1 aliphatic rings. The fourth-order valence-corrected chi connectivity index (χ4v) is 1.86. The highest BCUT2D eigenvalue weighted by Crippen LogP contribution is 2.12. The summed E-state index contributed by atoms with van der Waals surface area (Å²) in [7, 11) is 1.95. The Morgan fingerprint density at radius 3 is 2.56 bits per heavy atom. The van der Waals surface area contributed by atoms with Gasteiger partial charge in [0.1, 0.15) is 0 Å². The summed E-state index contributed by atoms with van der Waals surface area (Å²) in [6.07, 6.45) is 2.23. The molecule has 0 spiro atoms. The highest BCUT2D eigenvalue weighted by atomic mass is 16.2. The van der Waals surface area contributed by atoms with E-state index in [4.69, 9.17) is 0 Å². The fourth-order valence-electron chi connectivity index (χ4n) is 1.86. The van der Waals surface area contributed by atoms with E-state index >= 15 is 0 Å². The van der Waals surface area contributed by atoms with Gasteiger partial charge in [-0.3, -0.25) is 5.01 Å². The van der Waals surface area contributed by atoms with Gasteiger partial charge in [0.05, 0.1) is 0 Å². The Labute approximate surface area is 95.8 Å². The van der Waals surface area contributed by atoms with E-state index in [-0.39, 0.29) is 6.03 Å². The number of carbonyl (C=O) groups excluding carboxylic acids is 1. The molecule has 0 unspecified atom stereocenters. The van der Waals surface area contributed by atoms with Gasteiger partial charge in [0.2, 0.25) is 0 Å². The Hall–Kier alpha value is -1.55. The van der Waals surface area contributed by atoms with Gasteiger partial charge in [0, 0.05) is 25.8 Å². The van der Waals surface area contributed by atoms with Crippen molar-refractivity contribution in [2.24, 2.45) is 0 Å². The second-order valence-corrected chi connectivity index (χ2v) is 4.01. The largest absolute Gasteiger partial charge is 0.336 e. The predicted octanol–water partition coefficient (Wildman–Crippen LogP) is 2.16. The van der Waals surface area contributed by atoms with Crippen molar-refractivity contribution < 1.29 is 4.79 Å². The van der Waals surface area contributed by atoms with Crippen LogP contribution in [0.2, 0.25) is 0 Å². The first-order chi connectivity index (χ1) is 7.77. The summed E-state index contributed by atoms with van der Waals surface area (Å²) in [6.45, 7) is 1.75. The molecule has 1 heterocycles. The maximum absolute atomic E-state index is 12.0. The summed E-state index contributed by atoms with van der Waals surface area (Å²) in [6, 6.07) is 9.49. The Kier molecular flexibility index (Phi) is 3.41. The number of hydrazine groups is 1. The predicted molar refractivity (Wildman–Crippen MR) is 64.0 cm³/mol. The van der Waals surface area contributed by atoms with E-state index in [1.165, 1.54) is 0 Å². The van der Waals surface area contributed by atoms with Crippen molar-refractivity contribution in [1.82, 2.24) is 10.0 Å². The summed E-state index contributed by atoms with van der Waals surface area (Å²) in [5, 5.41) is 6.62. The van der Waals surface area contributed by atoms with Crippen molar-refractivity contribution >= 4 is 11.7 Å². The van der Waals surface area contributed by atoms with E-state index in [0.717, 1.165) is 31.6 Å². The van der Waals surface area contributed by atoms with E-state index < -0.39 is 0 Å². The number of anilines is 1. The van der Waals surface area contributed by atoms with Crippen molar-refractivity contribution in [3.63, 3.8) is 0 Å². The molecule has 1 fully saturated rings. The molecule has 0 radical (unpaired) electrons. The molecule has 0 aromatic heterocycles. The van der Waals surface area contributed by atoms with Crippen LogP contribution in [0.1, 0.15) is 12.8 Å². The lowest BCUT2D eigenvalue weighted by Gasteiger charge is -2.35. The molecular formula is C12H17N3O. The van der Waals surface area contributed by atoms with Gasteiger partial charge in [-0.15, -0.1) is 0 Å². The van der Waals surface area contributed by atoms with Gasteiger partial charge in [-0.05, 0) is 25.0 Å². The zero-order chi connectivity index (χ0) is 11.4. The topological polar surface area (TPSA) is 35.6 Å². The SMILES string of the molecule is CN1CCCCN1C(=O)Nc1ccccc1. The number of benzene rings is 1. The Balaban J connectivity index is 1.97. The van der Waals surface area contributed by atoms with Gasteiger partial charge in [-0.25, -0.2) is 9.80 Å². The van der Waals surface area contributed by atoms with Gasteiger partial charge >= 0.3 is 6.03 Å². The molecule has 1 aliphatic heterocycles. The van der Waals surface area contributed by atoms with Crippen LogP contribution in [0.25, 0.3) is 0 Å². The van der Waals surface area contributed by atoms with E-state index in [9.17, 15) is 4.79 Å². The minimum atomic E-state index is -0.0478. The molecule has 0 atom stereocenters. The summed E-state index contributed by atoms with van der Waals surface area (Å²) in [5.41, 5.74) is 0.839. The molecular weight excluding hydrogens is 202 g/mol. The number of urea groups is 1. The third kappa shape index (κ3) is 2.52. The molecule has 1 saturated heterocycles. The van der Waals surface area contributed by atoms with Crippen LogP contribution >= 0.6 is 0 Å². The molecule has 1 aromatic rings. The molecule has 2 amide bonds. The second-order valence-electron chi connectivity index (χ2n) is 4.01. The van der Waals surface area contributed by atoms with E-state index in [0.29, 0.717) is 0 Å². The van der Waals surface area contributed by atoms with Crippen molar-refractivity contribution in [2.45, 2.75) is 12.8 Å². The van der Waals surface area contributed by atoms with E-state index in [1.807, 2.05) is 42.4 Å². The van der Waals surface area contributed by atoms with Crippen LogP contribution in [0.3, 0.4) is 0 Å². The maximum Gasteiger partial charge on any atom is 0.336 e. The lowest BCUT2D eigenvalue weighted by molar-refractivity contribution is 0.0191. The Morgan fingerprint density at radius 2 is 1.88 bits per heavy atom. The third-order valence-corrected chi connectivity index (χ3v) is 2.77. The highest BCUT2D eigenvalue weighted by Gasteiger charge is 2.21. The van der Waals surface area contributed by atoms with Crippen molar-refractivity contribution in [1.29, 1.82) is 0 Å². The summed E-state index contributed by atoms with van der Waals surface area (Å²) >= 11 is 0. The van der Waals surface area contributed by atoms with E-state index in [2.05, 4.69) is 5.32 Å². The minimum absolute atomic E-state index is 0.0478. The zero-order valence-electron chi connectivity index (χ0n) is 9.52. The van der Waals surface area contributed by atoms with Crippen LogP contribution in [0.5, 0.6) is 0 Å². The third-order valence-electron chi connectivity index (χ3n) is 2.77. The first-order valence-corrected chi connectivity index (χ1v) is 5.62. The fraction of sp³-hybridized carbons (Fsp3) is 0.417. The molecule has 2 rings (SSSR count). The van der Waals surface area contributed by atoms with Gasteiger partial charge in [-0.1, -0.05) is 18.2 Å². The Morgan fingerprint density at radius 1 is 1.19 bits per heavy atom. The normalized spacial score (nSPS) is 17.2. The molecule has 4 heteroatoms. The van der Waals surface area contributed by atoms with Gasteiger partial charge in [-0.2, -0.15) is 0 Å². The molecule has 0 aliphatic carbocycles. The standard InChI is InChI=1S/C12H17N3O/c1-14-9-5-6-10-15(14)12(16)13-11-7-3-2-4-8-11/h2-4,7-8H,5-6,9-10H2,1H3,(H,13,16). The number of nitrogens with zero attached hydrogens (tertiary/aromatic N) is 2. The zero-order valence-corrected chi connectivity index (χ0v) is 9.52. The number of para-hydroxylation sites is 1. The highest BCUT2D eigenvalue weighted by molar-refractivity contribution is 5.88. The van der Waals surface area contributed by atoms with Gasteiger partial charge in [0.25, 0.3) is 0 Å². The molecule has 1 aromatic carbocycles. The van der Waals surface area contributed by atoms with E-state index in [1.54, 1.807) is 5.01 Å². The molecule has 1 N–H and O–H groups in total. The number of carbonyl (C=O) groups is 1. The second kappa shape index (κ2) is 4.99. The van der Waals surface area contributed by atoms with Crippen LogP contribution < -0.4 is 5.32 Å². The van der Waals surface area contributed by atoms with Gasteiger partial charge < -0.3 is 5.32 Å². The van der Waals surface area contributed by atoms with Gasteiger partial charge in [0.15, 0.2) is 0 Å². The monoisotopic (exact) mass is 219 g/mol. The Bertz CT molecular complexity index is 353. The first-order valence-electron chi connectivity index (χ1n) is 5.62. The summed E-state index contributed by atoms with van der Waals surface area (Å²) < 4.78 is 0. The molecule has 4 nitrogen and oxygen atoms in total. The molecule has 0 saturated carbocycles. The molecule has 0 bridgehead atoms. The molecule has 16 heavy (non-hydrogen) atoms. The van der Waals surface area contributed by atoms with Crippen molar-refractivity contribution in [3.05, 3.63) is 30.3 Å². The van der Waals surface area contributed by atoms with Crippen molar-refractivity contribution in [2.75, 3.05) is 25.5 Å². The number of hydrogen-bond donors (Lipinski definition) is 1. The quantitative estimate of drug-likeness (QED) is 0.785. The first kappa shape index (κ1) is 11.0. The van der Waals surface area contributed by atoms with Crippen LogP contribution in [0.4, 0.5) is 10.5 Å². The van der Waals surface area contributed by atoms with Crippen LogP contribution in [0.15, 0.2) is 30.3 Å². The van der Waals surface area contributed by atoms with Crippen LogP contribution in [-0.2, 0) is 0 Å². The number of rotatable bonds is 1. The molecule has 86 valence electrons. The number of nitrogens with one attached hydrogen (secondary N) is 1. The number of hydrogen-bond acceptors (Lipinski definition) is 2. The summed E-state index contributed by atoms with van der Waals surface area (Å²) in [5.74, 6) is 0. The average Bonchev–Trinajstić information content (AvgIpc) is 2.31. The lowest BCUT2D eigenvalue weighted by Crippen LogP contribution is -2.49. The van der Waals surface area contributed by atoms with Crippen molar-refractivity contribution in [3.8, 4) is 0 Å². The maximum atomic E-state index is 12.0. The lowest BCUT2D eigenvalue weighted by atomic mass is 10.2. The minimum Gasteiger partial charge on any atom is -0.307 e. The summed E-state index contributed by atoms with van der Waals surface area (Å²) in [4.78, 5) is 12.0.